The van der Waals surface area contributed by atoms with E-state index in [-0.39, 0.29) is 37.1 Å². The van der Waals surface area contributed by atoms with Crippen molar-refractivity contribution in [3.8, 4) is 11.5 Å². The van der Waals surface area contributed by atoms with E-state index in [2.05, 4.69) is 10.3 Å². The van der Waals surface area contributed by atoms with Crippen molar-refractivity contribution < 1.29 is 28.5 Å². The minimum Gasteiger partial charge on any atom is -0.491 e. The Balaban J connectivity index is 1.59. The molecule has 0 saturated carbocycles. The molecular formula is C24H28ClF2N3O4. The van der Waals surface area contributed by atoms with Crippen LogP contribution < -0.4 is 9.47 Å². The van der Waals surface area contributed by atoms with E-state index in [1.807, 2.05) is 26.0 Å². The lowest BCUT2D eigenvalue weighted by Crippen LogP contribution is -2.24. The monoisotopic (exact) mass is 494 g/mol. The van der Waals surface area contributed by atoms with Crippen molar-refractivity contribution >= 4 is 11.6 Å². The van der Waals surface area contributed by atoms with Crippen molar-refractivity contribution in [2.45, 2.75) is 44.7 Å². The standard InChI is InChI=1S/C24H28ClF2N3O4/c1-24(2,17-5-8-23(22(27)9-17)34-14-19(31)10-25)16-3-6-21(7-4-16)33-15-20(32)13-30-12-18(11-26)28-29-30/h3-9,12,19-20,31-32H,10-11,13-15H2,1-2H3/t19-,20+/m0/s1/i26-1. The molecule has 3 rings (SSSR count). The van der Waals surface area contributed by atoms with Crippen molar-refractivity contribution in [2.24, 2.45) is 0 Å². The number of aromatic nitrogens is 3. The van der Waals surface area contributed by atoms with Crippen molar-refractivity contribution in [2.75, 3.05) is 19.1 Å². The molecule has 184 valence electrons. The molecule has 0 saturated heterocycles. The van der Waals surface area contributed by atoms with Gasteiger partial charge in [0.15, 0.2) is 11.6 Å². The normalized spacial score (nSPS) is 13.5. The van der Waals surface area contributed by atoms with Crippen LogP contribution in [-0.2, 0) is 18.6 Å². The third kappa shape index (κ3) is 6.65. The van der Waals surface area contributed by atoms with Crippen LogP contribution in [0.2, 0.25) is 0 Å². The first-order valence-corrected chi connectivity index (χ1v) is 11.3. The van der Waals surface area contributed by atoms with Gasteiger partial charge in [-0.25, -0.2) is 13.5 Å². The number of aliphatic hydroxyl groups is 2. The fourth-order valence-electron chi connectivity index (χ4n) is 3.32. The topological polar surface area (TPSA) is 89.6 Å². The number of ether oxygens (including phenoxy) is 2. The van der Waals surface area contributed by atoms with Crippen LogP contribution in [0.1, 0.15) is 30.7 Å². The van der Waals surface area contributed by atoms with Crippen molar-refractivity contribution in [3.05, 3.63) is 71.3 Å². The number of hydrogen-bond acceptors (Lipinski definition) is 6. The van der Waals surface area contributed by atoms with Gasteiger partial charge in [-0.3, -0.25) is 0 Å². The Bertz CT molecular complexity index is 1060. The molecule has 2 N–H and O–H groups in total. The highest BCUT2D eigenvalue weighted by Crippen LogP contribution is 2.34. The highest BCUT2D eigenvalue weighted by Gasteiger charge is 2.25. The number of hydrogen-bond donors (Lipinski definition) is 2. The number of aliphatic hydroxyl groups excluding tert-OH is 2. The van der Waals surface area contributed by atoms with Gasteiger partial charge in [-0.05, 0) is 35.4 Å². The maximum atomic E-state index is 14.6. The molecular weight excluding hydrogens is 467 g/mol. The molecule has 0 fully saturated rings. The molecule has 0 spiro atoms. The van der Waals surface area contributed by atoms with Crippen molar-refractivity contribution in [1.29, 1.82) is 0 Å². The van der Waals surface area contributed by atoms with Crippen LogP contribution >= 0.6 is 11.6 Å². The molecule has 2 aromatic carbocycles. The van der Waals surface area contributed by atoms with E-state index in [0.717, 1.165) is 11.1 Å². The van der Waals surface area contributed by atoms with Gasteiger partial charge in [-0.2, -0.15) is 0 Å². The Morgan fingerprint density at radius 3 is 2.32 bits per heavy atom. The summed E-state index contributed by atoms with van der Waals surface area (Å²) in [6, 6.07) is 12.1. The molecule has 10 heteroatoms. The maximum absolute atomic E-state index is 14.6. The summed E-state index contributed by atoms with van der Waals surface area (Å²) >= 11 is 5.53. The number of benzene rings is 2. The molecule has 2 atom stereocenters. The van der Waals surface area contributed by atoms with Crippen LogP contribution in [-0.4, -0.2) is 56.5 Å². The number of nitrogens with zero attached hydrogens (tertiary/aromatic N) is 3. The molecule has 34 heavy (non-hydrogen) atoms. The van der Waals surface area contributed by atoms with Gasteiger partial charge in [-0.15, -0.1) is 16.7 Å². The summed E-state index contributed by atoms with van der Waals surface area (Å²) in [7, 11) is 0. The number of rotatable bonds is 12. The van der Waals surface area contributed by atoms with E-state index < -0.39 is 30.1 Å². The lowest BCUT2D eigenvalue weighted by molar-refractivity contribution is 0.0888. The smallest absolute Gasteiger partial charge is 0.165 e. The molecule has 0 radical (unpaired) electrons. The molecule has 3 aromatic rings. The first-order valence-electron chi connectivity index (χ1n) is 10.8. The highest BCUT2D eigenvalue weighted by atomic mass is 35.5. The van der Waals surface area contributed by atoms with E-state index in [1.165, 1.54) is 23.0 Å². The van der Waals surface area contributed by atoms with Crippen LogP contribution in [0.3, 0.4) is 0 Å². The van der Waals surface area contributed by atoms with E-state index in [0.29, 0.717) is 5.75 Å². The fourth-order valence-corrected chi connectivity index (χ4v) is 3.41. The van der Waals surface area contributed by atoms with E-state index in [1.54, 1.807) is 18.2 Å². The lowest BCUT2D eigenvalue weighted by Gasteiger charge is -2.27. The fraction of sp³-hybridized carbons (Fsp3) is 0.417. The van der Waals surface area contributed by atoms with Gasteiger partial charge < -0.3 is 19.7 Å². The second-order valence-electron chi connectivity index (χ2n) is 8.44. The first kappa shape index (κ1) is 25.9. The van der Waals surface area contributed by atoms with Crippen LogP contribution in [0.25, 0.3) is 0 Å². The number of alkyl halides is 2. The summed E-state index contributed by atoms with van der Waals surface area (Å²) in [6.45, 7) is 3.31. The van der Waals surface area contributed by atoms with E-state index in [4.69, 9.17) is 21.1 Å². The Hall–Kier alpha value is -2.75. The minimum absolute atomic E-state index is 0.00846. The first-order chi connectivity index (χ1) is 16.2. The summed E-state index contributed by atoms with van der Waals surface area (Å²) in [5, 5.41) is 27.0. The second-order valence-corrected chi connectivity index (χ2v) is 8.75. The molecule has 0 bridgehead atoms. The zero-order valence-corrected chi connectivity index (χ0v) is 19.8. The highest BCUT2D eigenvalue weighted by molar-refractivity contribution is 6.18. The predicted octanol–water partition coefficient (Wildman–Crippen LogP) is 3.63. The molecule has 1 aromatic heterocycles. The Morgan fingerprint density at radius 1 is 1.03 bits per heavy atom. The van der Waals surface area contributed by atoms with Gasteiger partial charge in [-0.1, -0.05) is 37.3 Å². The second kappa shape index (κ2) is 11.6. The van der Waals surface area contributed by atoms with Gasteiger partial charge in [0.25, 0.3) is 0 Å². The van der Waals surface area contributed by atoms with E-state index >= 15 is 0 Å². The Morgan fingerprint density at radius 2 is 1.71 bits per heavy atom. The molecule has 0 unspecified atom stereocenters. The minimum atomic E-state index is -0.865. The third-order valence-electron chi connectivity index (χ3n) is 5.40. The van der Waals surface area contributed by atoms with Crippen LogP contribution in [0.5, 0.6) is 11.5 Å². The van der Waals surface area contributed by atoms with Crippen LogP contribution in [0, 0.1) is 5.82 Å². The number of halogens is 3. The largest absolute Gasteiger partial charge is 0.491 e. The summed E-state index contributed by atoms with van der Waals surface area (Å²) in [6.07, 6.45) is -0.277. The van der Waals surface area contributed by atoms with Gasteiger partial charge in [0.1, 0.15) is 43.5 Å². The van der Waals surface area contributed by atoms with E-state index in [9.17, 15) is 19.0 Å². The molecule has 0 aliphatic heterocycles. The average molecular weight is 495 g/mol. The molecule has 1 heterocycles. The van der Waals surface area contributed by atoms with Crippen molar-refractivity contribution in [3.63, 3.8) is 0 Å². The van der Waals surface area contributed by atoms with Gasteiger partial charge in [0, 0.05) is 5.41 Å². The maximum Gasteiger partial charge on any atom is 0.165 e. The molecule has 0 amide bonds. The summed E-state index contributed by atoms with van der Waals surface area (Å²) in [4.78, 5) is 0. The molecule has 7 nitrogen and oxygen atoms in total. The molecule has 0 aliphatic rings. The summed E-state index contributed by atoms with van der Waals surface area (Å²) < 4.78 is 39.4. The Kier molecular flexibility index (Phi) is 8.82. The van der Waals surface area contributed by atoms with Crippen LogP contribution in [0.4, 0.5) is 8.78 Å². The average Bonchev–Trinajstić information content (AvgIpc) is 3.29. The zero-order chi connectivity index (χ0) is 24.7. The third-order valence-corrected chi connectivity index (χ3v) is 5.76. The zero-order valence-electron chi connectivity index (χ0n) is 19.0. The van der Waals surface area contributed by atoms with Crippen molar-refractivity contribution in [1.82, 2.24) is 15.0 Å². The SMILES string of the molecule is CC(C)(c1ccc(OC[C@H](O)Cn2cc(C[18F])nn2)cc1)c1ccc(OC[C@@H](O)CCl)c(F)c1. The van der Waals surface area contributed by atoms with Crippen LogP contribution in [0.15, 0.2) is 48.7 Å². The quantitative estimate of drug-likeness (QED) is 0.374. The van der Waals surface area contributed by atoms with Gasteiger partial charge in [0.2, 0.25) is 0 Å². The molecule has 0 aliphatic carbocycles. The van der Waals surface area contributed by atoms with Gasteiger partial charge in [0.05, 0.1) is 18.6 Å². The predicted molar refractivity (Wildman–Crippen MR) is 124 cm³/mol. The summed E-state index contributed by atoms with van der Waals surface area (Å²) in [5.74, 6) is 0.105. The van der Waals surface area contributed by atoms with Gasteiger partial charge >= 0.3 is 0 Å². The lowest BCUT2D eigenvalue weighted by atomic mass is 9.78. The Labute approximate surface area is 201 Å². The summed E-state index contributed by atoms with van der Waals surface area (Å²) in [5.41, 5.74) is 1.39.